The van der Waals surface area contributed by atoms with Gasteiger partial charge in [0.15, 0.2) is 11.5 Å². The molecule has 0 fully saturated rings. The van der Waals surface area contributed by atoms with E-state index < -0.39 is 47.9 Å². The maximum atomic E-state index is 13.6. The Hall–Kier alpha value is -5.05. The Balaban J connectivity index is 1.61. The van der Waals surface area contributed by atoms with Crippen molar-refractivity contribution in [3.05, 3.63) is 59.3 Å². The first-order chi connectivity index (χ1) is 21.8. The van der Waals surface area contributed by atoms with Gasteiger partial charge in [-0.25, -0.2) is 4.98 Å². The largest absolute Gasteiger partial charge is 0.441 e. The van der Waals surface area contributed by atoms with Gasteiger partial charge in [-0.1, -0.05) is 37.2 Å². The van der Waals surface area contributed by atoms with Crippen molar-refractivity contribution in [3.63, 3.8) is 0 Å². The first-order valence-electron chi connectivity index (χ1n) is 15.0. The van der Waals surface area contributed by atoms with Crippen molar-refractivity contribution < 1.29 is 38.0 Å². The van der Waals surface area contributed by atoms with Gasteiger partial charge in [0, 0.05) is 24.7 Å². The topological polar surface area (TPSA) is 209 Å². The number of hydrogen-bond acceptors (Lipinski definition) is 10. The van der Waals surface area contributed by atoms with Crippen LogP contribution in [-0.2, 0) is 32.1 Å². The molecule has 1 aliphatic heterocycles. The summed E-state index contributed by atoms with van der Waals surface area (Å²) in [5, 5.41) is 24.3. The molecule has 15 heteroatoms. The Morgan fingerprint density at radius 3 is 2.41 bits per heavy atom. The molecule has 246 valence electrons. The van der Waals surface area contributed by atoms with Crippen LogP contribution >= 0.6 is 0 Å². The quantitative estimate of drug-likeness (QED) is 0.261. The third-order valence-corrected chi connectivity index (χ3v) is 7.45. The van der Waals surface area contributed by atoms with E-state index in [0.717, 1.165) is 5.56 Å². The van der Waals surface area contributed by atoms with E-state index in [0.29, 0.717) is 17.3 Å². The summed E-state index contributed by atoms with van der Waals surface area (Å²) in [6, 6.07) is 7.08. The predicted octanol–water partition coefficient (Wildman–Crippen LogP) is 0.464. The lowest BCUT2D eigenvalue weighted by atomic mass is 10.0. The molecule has 15 nitrogen and oxygen atoms in total. The molecule has 0 saturated carbocycles. The molecule has 3 aromatic rings. The molecule has 4 atom stereocenters. The highest BCUT2D eigenvalue weighted by Crippen LogP contribution is 2.22. The molecule has 3 heterocycles. The summed E-state index contributed by atoms with van der Waals surface area (Å²) in [5.74, 6) is -2.44. The number of benzene rings is 1. The number of carbonyl (C=O) groups is 5. The van der Waals surface area contributed by atoms with E-state index in [9.17, 15) is 29.1 Å². The zero-order chi connectivity index (χ0) is 33.5. The van der Waals surface area contributed by atoms with Crippen LogP contribution in [0.5, 0.6) is 0 Å². The molecule has 2 aromatic heterocycles. The minimum atomic E-state index is -1.43. The summed E-state index contributed by atoms with van der Waals surface area (Å²) in [7, 11) is 0. The molecule has 0 aliphatic carbocycles. The number of aryl methyl sites for hydroxylation is 1. The van der Waals surface area contributed by atoms with E-state index in [-0.39, 0.29) is 49.3 Å². The first-order valence-corrected chi connectivity index (χ1v) is 15.0. The minimum absolute atomic E-state index is 0.0283. The summed E-state index contributed by atoms with van der Waals surface area (Å²) in [4.78, 5) is 71.5. The standard InChI is InChI=1S/C31H39N7O8/c1-16(2)25-29(43)32-11-12-38(24(40)14-22-19(5)45-31(34-22)20-9-7-6-8-10-20)15-21-13-23(37-46-21)28(42)36-26(18(4)39)30(44)33-17(3)27(41)35-25/h6-10,13,16-18,25-26,39H,11-12,14-15H2,1-5H3,(H,32,43)(H,33,44)(H,35,41)(H,36,42)/t17-,18+,25-,26-/m0/s1. The van der Waals surface area contributed by atoms with Crippen molar-refractivity contribution in [1.82, 2.24) is 36.3 Å². The molecule has 4 rings (SSSR count). The van der Waals surface area contributed by atoms with Gasteiger partial charge in [-0.3, -0.25) is 24.0 Å². The number of rotatable bonds is 5. The predicted molar refractivity (Wildman–Crippen MR) is 163 cm³/mol. The minimum Gasteiger partial charge on any atom is -0.441 e. The lowest BCUT2D eigenvalue weighted by Gasteiger charge is -2.26. The number of amides is 5. The van der Waals surface area contributed by atoms with Crippen molar-refractivity contribution in [2.75, 3.05) is 13.1 Å². The van der Waals surface area contributed by atoms with E-state index in [4.69, 9.17) is 8.94 Å². The monoisotopic (exact) mass is 637 g/mol. The Bertz CT molecular complexity index is 1570. The summed E-state index contributed by atoms with van der Waals surface area (Å²) in [5.41, 5.74) is 0.998. The number of aromatic nitrogens is 2. The smallest absolute Gasteiger partial charge is 0.274 e. The van der Waals surface area contributed by atoms with E-state index in [2.05, 4.69) is 31.4 Å². The highest BCUT2D eigenvalue weighted by Gasteiger charge is 2.32. The van der Waals surface area contributed by atoms with Gasteiger partial charge in [-0.15, -0.1) is 0 Å². The Morgan fingerprint density at radius 1 is 1.02 bits per heavy atom. The summed E-state index contributed by atoms with van der Waals surface area (Å²) < 4.78 is 11.2. The van der Waals surface area contributed by atoms with Crippen molar-refractivity contribution >= 4 is 29.5 Å². The van der Waals surface area contributed by atoms with Crippen LogP contribution in [0, 0.1) is 12.8 Å². The maximum absolute atomic E-state index is 13.6. The van der Waals surface area contributed by atoms with Crippen LogP contribution in [0.25, 0.3) is 11.5 Å². The third-order valence-electron chi connectivity index (χ3n) is 7.45. The van der Waals surface area contributed by atoms with Gasteiger partial charge in [0.05, 0.1) is 24.8 Å². The number of carbonyl (C=O) groups excluding carboxylic acids is 5. The first kappa shape index (κ1) is 33.8. The van der Waals surface area contributed by atoms with Gasteiger partial charge in [0.1, 0.15) is 23.9 Å². The van der Waals surface area contributed by atoms with Crippen LogP contribution in [0.15, 0.2) is 45.3 Å². The molecule has 0 saturated heterocycles. The number of nitrogens with one attached hydrogen (secondary N) is 4. The molecule has 1 aromatic carbocycles. The molecule has 0 unspecified atom stereocenters. The molecular formula is C31H39N7O8. The average molecular weight is 638 g/mol. The van der Waals surface area contributed by atoms with Gasteiger partial charge in [0.25, 0.3) is 5.91 Å². The molecule has 0 radical (unpaired) electrons. The van der Waals surface area contributed by atoms with E-state index in [1.807, 2.05) is 30.3 Å². The number of aliphatic hydroxyl groups is 1. The van der Waals surface area contributed by atoms with Gasteiger partial charge in [0.2, 0.25) is 29.5 Å². The number of aliphatic hydroxyl groups excluding tert-OH is 1. The second-order valence-electron chi connectivity index (χ2n) is 11.5. The van der Waals surface area contributed by atoms with Crippen molar-refractivity contribution in [3.8, 4) is 11.5 Å². The van der Waals surface area contributed by atoms with E-state index >= 15 is 0 Å². The fourth-order valence-electron chi connectivity index (χ4n) is 4.75. The molecular weight excluding hydrogens is 598 g/mol. The lowest BCUT2D eigenvalue weighted by Crippen LogP contribution is -2.58. The Kier molecular flexibility index (Phi) is 10.9. The third kappa shape index (κ3) is 8.35. The van der Waals surface area contributed by atoms with Gasteiger partial charge < -0.3 is 40.2 Å². The molecule has 0 spiro atoms. The summed E-state index contributed by atoms with van der Waals surface area (Å²) >= 11 is 0. The average Bonchev–Trinajstić information content (AvgIpc) is 3.63. The van der Waals surface area contributed by atoms with Crippen molar-refractivity contribution in [2.24, 2.45) is 5.92 Å². The van der Waals surface area contributed by atoms with Crippen LogP contribution < -0.4 is 21.3 Å². The van der Waals surface area contributed by atoms with E-state index in [1.54, 1.807) is 20.8 Å². The molecule has 1 aliphatic rings. The molecule has 5 amide bonds. The molecule has 2 bridgehead atoms. The second kappa shape index (κ2) is 14.8. The highest BCUT2D eigenvalue weighted by atomic mass is 16.5. The van der Waals surface area contributed by atoms with E-state index in [1.165, 1.54) is 24.8 Å². The summed E-state index contributed by atoms with van der Waals surface area (Å²) in [6.07, 6.45) is -1.45. The van der Waals surface area contributed by atoms with Crippen LogP contribution in [0.1, 0.15) is 55.4 Å². The van der Waals surface area contributed by atoms with Gasteiger partial charge >= 0.3 is 0 Å². The van der Waals surface area contributed by atoms with Crippen molar-refractivity contribution in [1.29, 1.82) is 0 Å². The number of nitrogens with zero attached hydrogens (tertiary/aromatic N) is 3. The second-order valence-corrected chi connectivity index (χ2v) is 11.5. The van der Waals surface area contributed by atoms with Crippen LogP contribution in [0.3, 0.4) is 0 Å². The number of fused-ring (bicyclic) bond motifs is 2. The fourth-order valence-corrected chi connectivity index (χ4v) is 4.75. The number of oxazole rings is 1. The zero-order valence-corrected chi connectivity index (χ0v) is 26.3. The Morgan fingerprint density at radius 2 is 1.74 bits per heavy atom. The normalized spacial score (nSPS) is 21.0. The zero-order valence-electron chi connectivity index (χ0n) is 26.3. The SMILES string of the molecule is Cc1oc(-c2ccccc2)nc1CC(=O)N1CCNC(=O)[C@H](C(C)C)NC(=O)[C@H](C)NC(=O)[C@H]([C@@H](C)O)NC(=O)c2cc(on2)C1. The van der Waals surface area contributed by atoms with Gasteiger partial charge in [-0.05, 0) is 38.8 Å². The van der Waals surface area contributed by atoms with Crippen molar-refractivity contribution in [2.45, 2.75) is 71.8 Å². The van der Waals surface area contributed by atoms with Gasteiger partial charge in [-0.2, -0.15) is 0 Å². The van der Waals surface area contributed by atoms with Crippen LogP contribution in [0.2, 0.25) is 0 Å². The summed E-state index contributed by atoms with van der Waals surface area (Å²) in [6.45, 7) is 7.89. The molecule has 46 heavy (non-hydrogen) atoms. The molecule has 5 N–H and O–H groups in total. The highest BCUT2D eigenvalue weighted by molar-refractivity contribution is 5.98. The fraction of sp³-hybridized carbons (Fsp3) is 0.452. The van der Waals surface area contributed by atoms with Crippen LogP contribution in [-0.4, -0.2) is 87.0 Å². The number of hydrogen-bond donors (Lipinski definition) is 5. The lowest BCUT2D eigenvalue weighted by molar-refractivity contribution is -0.134. The Labute approximate surface area is 265 Å². The van der Waals surface area contributed by atoms with Crippen LogP contribution in [0.4, 0.5) is 0 Å². The maximum Gasteiger partial charge on any atom is 0.274 e.